The van der Waals surface area contributed by atoms with E-state index in [0.717, 1.165) is 43.6 Å². The van der Waals surface area contributed by atoms with Gasteiger partial charge in [-0.15, -0.1) is 0 Å². The maximum absolute atomic E-state index is 14.0. The smallest absolute Gasteiger partial charge is 0.264 e. The molecule has 0 saturated carbocycles. The van der Waals surface area contributed by atoms with Crippen molar-refractivity contribution in [3.8, 4) is 22.8 Å². The number of anilines is 3. The Labute approximate surface area is 243 Å². The molecule has 1 aliphatic rings. The lowest BCUT2D eigenvalue weighted by Gasteiger charge is -2.28. The maximum Gasteiger partial charge on any atom is 0.264 e. The van der Waals surface area contributed by atoms with Gasteiger partial charge in [-0.2, -0.15) is 0 Å². The quantitative estimate of drug-likeness (QED) is 0.241. The number of halogens is 2. The van der Waals surface area contributed by atoms with Crippen molar-refractivity contribution >= 4 is 27.2 Å². The van der Waals surface area contributed by atoms with Crippen LogP contribution in [0, 0.1) is 17.6 Å². The van der Waals surface area contributed by atoms with Crippen LogP contribution in [0.5, 0.6) is 11.5 Å². The molecule has 0 unspecified atom stereocenters. The number of aromatic nitrogens is 2. The summed E-state index contributed by atoms with van der Waals surface area (Å²) in [5.41, 5.74) is 2.32. The van der Waals surface area contributed by atoms with Crippen LogP contribution in [0.25, 0.3) is 11.3 Å². The van der Waals surface area contributed by atoms with Gasteiger partial charge in [0.1, 0.15) is 28.7 Å². The number of likely N-dealkylation sites (tertiary alicyclic amines) is 1. The van der Waals surface area contributed by atoms with Crippen LogP contribution in [0.4, 0.5) is 26.0 Å². The molecule has 1 aliphatic heterocycles. The number of sulfonamides is 1. The van der Waals surface area contributed by atoms with E-state index in [0.29, 0.717) is 47.3 Å². The van der Waals surface area contributed by atoms with Gasteiger partial charge in [0.2, 0.25) is 0 Å². The fraction of sp³-hybridized carbons (Fsp3) is 0.267. The lowest BCUT2D eigenvalue weighted by molar-refractivity contribution is 0.157. The fourth-order valence-corrected chi connectivity index (χ4v) is 5.76. The van der Waals surface area contributed by atoms with Crippen LogP contribution in [0.2, 0.25) is 0 Å². The zero-order chi connectivity index (χ0) is 29.7. The summed E-state index contributed by atoms with van der Waals surface area (Å²) < 4.78 is 66.2. The number of benzene rings is 3. The van der Waals surface area contributed by atoms with Gasteiger partial charge in [0, 0.05) is 29.1 Å². The molecule has 0 aliphatic carbocycles. The molecule has 2 N–H and O–H groups in total. The molecule has 42 heavy (non-hydrogen) atoms. The fourth-order valence-electron chi connectivity index (χ4n) is 4.64. The Morgan fingerprint density at radius 3 is 2.38 bits per heavy atom. The number of piperidine rings is 1. The predicted octanol–water partition coefficient (Wildman–Crippen LogP) is 5.70. The van der Waals surface area contributed by atoms with Crippen LogP contribution in [0.15, 0.2) is 78.0 Å². The molecule has 9 nitrogen and oxygen atoms in total. The van der Waals surface area contributed by atoms with E-state index in [-0.39, 0.29) is 5.69 Å². The number of nitrogens with one attached hydrogen (secondary N) is 2. The lowest BCUT2D eigenvalue weighted by atomic mass is 9.98. The van der Waals surface area contributed by atoms with Gasteiger partial charge in [0.15, 0.2) is 11.5 Å². The topological polar surface area (TPSA) is 106 Å². The summed E-state index contributed by atoms with van der Waals surface area (Å²) in [6.07, 6.45) is 3.66. The number of ether oxygens (including phenoxy) is 2. The molecule has 0 amide bonds. The van der Waals surface area contributed by atoms with Gasteiger partial charge in [0.05, 0.1) is 19.4 Å². The number of rotatable bonds is 10. The Morgan fingerprint density at radius 2 is 1.67 bits per heavy atom. The summed E-state index contributed by atoms with van der Waals surface area (Å²) in [4.78, 5) is 10.4. The normalized spacial score (nSPS) is 14.4. The maximum atomic E-state index is 14.0. The molecule has 3 aromatic carbocycles. The Bertz CT molecular complexity index is 1650. The van der Waals surface area contributed by atoms with Gasteiger partial charge >= 0.3 is 0 Å². The van der Waals surface area contributed by atoms with E-state index in [2.05, 4.69) is 32.0 Å². The van der Waals surface area contributed by atoms with E-state index in [1.807, 2.05) is 18.2 Å². The highest BCUT2D eigenvalue weighted by Crippen LogP contribution is 2.33. The summed E-state index contributed by atoms with van der Waals surface area (Å²) in [5, 5.41) is 3.16. The van der Waals surface area contributed by atoms with Crippen molar-refractivity contribution in [1.29, 1.82) is 0 Å². The van der Waals surface area contributed by atoms with Crippen LogP contribution < -0.4 is 19.5 Å². The Morgan fingerprint density at radius 1 is 0.929 bits per heavy atom. The van der Waals surface area contributed by atoms with Crippen LogP contribution in [-0.2, 0) is 10.0 Å². The second kappa shape index (κ2) is 12.7. The van der Waals surface area contributed by atoms with Gasteiger partial charge in [0.25, 0.3) is 10.0 Å². The Balaban J connectivity index is 1.24. The monoisotopic (exact) mass is 595 g/mol. The minimum atomic E-state index is -4.24. The van der Waals surface area contributed by atoms with Gasteiger partial charge < -0.3 is 19.7 Å². The van der Waals surface area contributed by atoms with E-state index < -0.39 is 26.6 Å². The van der Waals surface area contributed by atoms with Crippen LogP contribution in [-0.4, -0.2) is 57.1 Å². The van der Waals surface area contributed by atoms with Crippen molar-refractivity contribution in [2.24, 2.45) is 5.92 Å². The highest BCUT2D eigenvalue weighted by Gasteiger charge is 2.20. The number of nitrogens with zero attached hydrogens (tertiary/aromatic N) is 3. The molecule has 1 aromatic heterocycles. The predicted molar refractivity (Wildman–Crippen MR) is 157 cm³/mol. The first-order valence-electron chi connectivity index (χ1n) is 13.4. The minimum Gasteiger partial charge on any atom is -0.493 e. The standard InChI is InChI=1S/C30H31F2N5O4S/c1-37-13-11-20(12-14-37)18-41-27-9-3-21(15-28(27)40-2)26-17-30(34-19-33-26)35-23-5-7-24(8-6-23)36-42(38,39)29-10-4-22(31)16-25(29)32/h3-10,15-17,19-20,36H,11-14,18H2,1-2H3,(H,33,34,35). The number of methoxy groups -OCH3 is 1. The first kappa shape index (κ1) is 29.2. The molecule has 1 fully saturated rings. The summed E-state index contributed by atoms with van der Waals surface area (Å²) in [6.45, 7) is 2.81. The highest BCUT2D eigenvalue weighted by atomic mass is 32.2. The third kappa shape index (κ3) is 7.12. The molecule has 0 bridgehead atoms. The van der Waals surface area contributed by atoms with E-state index in [9.17, 15) is 17.2 Å². The number of hydrogen-bond acceptors (Lipinski definition) is 8. The Kier molecular flexibility index (Phi) is 8.83. The zero-order valence-corrected chi connectivity index (χ0v) is 24.0. The van der Waals surface area contributed by atoms with Crippen LogP contribution in [0.3, 0.4) is 0 Å². The second-order valence-corrected chi connectivity index (χ2v) is 11.7. The van der Waals surface area contributed by atoms with Crippen LogP contribution in [0.1, 0.15) is 12.8 Å². The van der Waals surface area contributed by atoms with Crippen molar-refractivity contribution in [1.82, 2.24) is 14.9 Å². The van der Waals surface area contributed by atoms with Crippen molar-refractivity contribution in [2.75, 3.05) is 43.9 Å². The average molecular weight is 596 g/mol. The largest absolute Gasteiger partial charge is 0.493 e. The van der Waals surface area contributed by atoms with Gasteiger partial charge in [-0.25, -0.2) is 27.2 Å². The van der Waals surface area contributed by atoms with Gasteiger partial charge in [-0.1, -0.05) is 0 Å². The molecular weight excluding hydrogens is 564 g/mol. The first-order valence-corrected chi connectivity index (χ1v) is 14.9. The molecule has 5 rings (SSSR count). The third-order valence-corrected chi connectivity index (χ3v) is 8.45. The molecule has 220 valence electrons. The minimum absolute atomic E-state index is 0.206. The van der Waals surface area contributed by atoms with Crippen molar-refractivity contribution in [2.45, 2.75) is 17.7 Å². The summed E-state index contributed by atoms with van der Waals surface area (Å²) in [5.74, 6) is 0.306. The van der Waals surface area contributed by atoms with E-state index in [4.69, 9.17) is 9.47 Å². The van der Waals surface area contributed by atoms with Gasteiger partial charge in [-0.05, 0) is 93.5 Å². The molecule has 0 spiro atoms. The van der Waals surface area contributed by atoms with Crippen molar-refractivity contribution in [3.05, 3.63) is 84.7 Å². The van der Waals surface area contributed by atoms with Crippen molar-refractivity contribution in [3.63, 3.8) is 0 Å². The Hall–Kier alpha value is -4.29. The molecule has 0 atom stereocenters. The lowest BCUT2D eigenvalue weighted by Crippen LogP contribution is -2.32. The highest BCUT2D eigenvalue weighted by molar-refractivity contribution is 7.92. The zero-order valence-electron chi connectivity index (χ0n) is 23.2. The SMILES string of the molecule is COc1cc(-c2cc(Nc3ccc(NS(=O)(=O)c4ccc(F)cc4F)cc3)ncn2)ccc1OCC1CCN(C)CC1. The molecule has 2 heterocycles. The summed E-state index contributed by atoms with van der Waals surface area (Å²) >= 11 is 0. The molecule has 4 aromatic rings. The number of hydrogen-bond donors (Lipinski definition) is 2. The average Bonchev–Trinajstić information content (AvgIpc) is 2.97. The molecule has 1 saturated heterocycles. The van der Waals surface area contributed by atoms with E-state index >= 15 is 0 Å². The molecule has 0 radical (unpaired) electrons. The summed E-state index contributed by atoms with van der Waals surface area (Å²) in [7, 11) is -0.500. The third-order valence-electron chi connectivity index (χ3n) is 7.03. The van der Waals surface area contributed by atoms with E-state index in [1.54, 1.807) is 25.3 Å². The summed E-state index contributed by atoms with van der Waals surface area (Å²) in [6, 6.07) is 16.0. The first-order chi connectivity index (χ1) is 20.2. The van der Waals surface area contributed by atoms with Crippen molar-refractivity contribution < 1.29 is 26.7 Å². The molecule has 12 heteroatoms. The molecular formula is C30H31F2N5O4S. The second-order valence-electron chi connectivity index (χ2n) is 10.1. The van der Waals surface area contributed by atoms with Crippen LogP contribution >= 0.6 is 0 Å². The van der Waals surface area contributed by atoms with Gasteiger partial charge in [-0.3, -0.25) is 4.72 Å². The van der Waals surface area contributed by atoms with E-state index in [1.165, 1.54) is 18.5 Å².